The lowest BCUT2D eigenvalue weighted by molar-refractivity contribution is 0.00578. The molecule has 0 radical (unpaired) electrons. The monoisotopic (exact) mass is 436 g/mol. The molecule has 2 saturated heterocycles. The third-order valence-corrected chi connectivity index (χ3v) is 7.45. The van der Waals surface area contributed by atoms with E-state index in [1.165, 1.54) is 0 Å². The number of fused-ring (bicyclic) bond motifs is 2. The predicted octanol–water partition coefficient (Wildman–Crippen LogP) is 4.18. The Morgan fingerprint density at radius 3 is 1.12 bits per heavy atom. The summed E-state index contributed by atoms with van der Waals surface area (Å²) < 4.78 is 37.9. The Kier molecular flexibility index (Phi) is 4.61. The maximum absolute atomic E-state index is 6.39. The maximum atomic E-state index is 6.39. The summed E-state index contributed by atoms with van der Waals surface area (Å²) in [6.45, 7) is 16.3. The fourth-order valence-electron chi connectivity index (χ4n) is 3.95. The normalized spacial score (nSPS) is 23.9. The van der Waals surface area contributed by atoms with Crippen molar-refractivity contribution in [2.45, 2.75) is 77.8 Å². The third-order valence-electron chi connectivity index (χ3n) is 7.45. The second-order valence-corrected chi connectivity index (χ2v) is 10.8. The molecule has 0 saturated carbocycles. The molecule has 0 aromatic heterocycles. The Balaban J connectivity index is 1.61. The number of rotatable bonds is 2. The summed E-state index contributed by atoms with van der Waals surface area (Å²) >= 11 is 0. The van der Waals surface area contributed by atoms with Gasteiger partial charge in [-0.1, -0.05) is 12.1 Å². The van der Waals surface area contributed by atoms with Gasteiger partial charge < -0.3 is 28.1 Å². The van der Waals surface area contributed by atoms with E-state index in [0.29, 0.717) is 23.0 Å². The second-order valence-electron chi connectivity index (χ2n) is 10.8. The molecule has 0 atom stereocenters. The van der Waals surface area contributed by atoms with Crippen LogP contribution in [0.3, 0.4) is 0 Å². The van der Waals surface area contributed by atoms with Crippen LogP contribution in [0.25, 0.3) is 0 Å². The fraction of sp³-hybridized carbons (Fsp3) is 0.500. The van der Waals surface area contributed by atoms with E-state index in [9.17, 15) is 0 Å². The molecule has 3 aliphatic heterocycles. The summed E-state index contributed by atoms with van der Waals surface area (Å²) in [7, 11) is -1.19. The van der Waals surface area contributed by atoms with Gasteiger partial charge in [0, 0.05) is 0 Å². The van der Waals surface area contributed by atoms with E-state index in [1.807, 2.05) is 91.8 Å². The average Bonchev–Trinajstić information content (AvgIpc) is 3.04. The van der Waals surface area contributed by atoms with Crippen LogP contribution in [-0.2, 0) is 18.6 Å². The number of hydrogen-bond acceptors (Lipinski definition) is 6. The van der Waals surface area contributed by atoms with E-state index in [2.05, 4.69) is 0 Å². The molecular formula is C24H30B2O6. The van der Waals surface area contributed by atoms with Gasteiger partial charge in [-0.2, -0.15) is 0 Å². The van der Waals surface area contributed by atoms with Crippen LogP contribution in [0.4, 0.5) is 0 Å². The molecular weight excluding hydrogens is 406 g/mol. The number of hydrogen-bond donors (Lipinski definition) is 0. The molecule has 0 bridgehead atoms. The van der Waals surface area contributed by atoms with Crippen LogP contribution >= 0.6 is 0 Å². The Morgan fingerprint density at radius 1 is 0.500 bits per heavy atom. The molecule has 2 aromatic rings. The minimum absolute atomic E-state index is 0.481. The standard InChI is InChI=1S/C24H30B2O6/c1-21(2)22(3,4)30-25(29-21)15-13-19-20(28-18-12-10-9-11-17(18)27-19)14-16(15)26-31-23(5,6)24(7,8)32-26/h9-14H,1-8H3. The van der Waals surface area contributed by atoms with Crippen LogP contribution in [0.1, 0.15) is 55.4 Å². The molecule has 2 aromatic carbocycles. The van der Waals surface area contributed by atoms with Crippen molar-refractivity contribution in [1.82, 2.24) is 0 Å². The van der Waals surface area contributed by atoms with Crippen LogP contribution in [0.15, 0.2) is 36.4 Å². The molecule has 0 amide bonds. The smallest absolute Gasteiger partial charge is 0.450 e. The highest BCUT2D eigenvalue weighted by Gasteiger charge is 2.56. The first-order chi connectivity index (χ1) is 14.8. The van der Waals surface area contributed by atoms with Gasteiger partial charge in [-0.15, -0.1) is 0 Å². The average molecular weight is 436 g/mol. The van der Waals surface area contributed by atoms with Crippen molar-refractivity contribution in [2.75, 3.05) is 0 Å². The summed E-state index contributed by atoms with van der Waals surface area (Å²) in [4.78, 5) is 0. The first-order valence-corrected chi connectivity index (χ1v) is 11.1. The van der Waals surface area contributed by atoms with Crippen LogP contribution in [-0.4, -0.2) is 36.6 Å². The highest BCUT2D eigenvalue weighted by Crippen LogP contribution is 2.45. The molecule has 3 heterocycles. The quantitative estimate of drug-likeness (QED) is 0.562. The van der Waals surface area contributed by atoms with E-state index < -0.39 is 36.6 Å². The SMILES string of the molecule is CC1(C)OB(c2cc3c(cc2B2OC(C)(C)C(C)(C)O2)Oc2ccccc2O3)OC1(C)C. The van der Waals surface area contributed by atoms with Gasteiger partial charge >= 0.3 is 14.2 Å². The van der Waals surface area contributed by atoms with Crippen molar-refractivity contribution in [1.29, 1.82) is 0 Å². The second kappa shape index (κ2) is 6.76. The van der Waals surface area contributed by atoms with E-state index in [4.69, 9.17) is 28.1 Å². The van der Waals surface area contributed by atoms with Gasteiger partial charge in [-0.25, -0.2) is 0 Å². The van der Waals surface area contributed by atoms with Crippen LogP contribution in [0.5, 0.6) is 23.0 Å². The summed E-state index contributed by atoms with van der Waals surface area (Å²) in [6.07, 6.45) is 0. The lowest BCUT2D eigenvalue weighted by Crippen LogP contribution is -2.51. The van der Waals surface area contributed by atoms with E-state index >= 15 is 0 Å². The Hall–Kier alpha value is -1.99. The third kappa shape index (κ3) is 3.27. The van der Waals surface area contributed by atoms with E-state index in [1.54, 1.807) is 0 Å². The van der Waals surface area contributed by atoms with Crippen LogP contribution < -0.4 is 20.4 Å². The van der Waals surface area contributed by atoms with Gasteiger partial charge in [0.1, 0.15) is 0 Å². The fourth-order valence-corrected chi connectivity index (χ4v) is 3.95. The van der Waals surface area contributed by atoms with Crippen LogP contribution in [0, 0.1) is 0 Å². The molecule has 168 valence electrons. The highest BCUT2D eigenvalue weighted by molar-refractivity contribution is 6.74. The number of para-hydroxylation sites is 2. The largest absolute Gasteiger partial charge is 0.494 e. The molecule has 2 fully saturated rings. The first kappa shape index (κ1) is 21.8. The molecule has 5 rings (SSSR count). The molecule has 6 nitrogen and oxygen atoms in total. The van der Waals surface area contributed by atoms with Gasteiger partial charge in [0.2, 0.25) is 0 Å². The minimum atomic E-state index is -0.597. The maximum Gasteiger partial charge on any atom is 0.494 e. The van der Waals surface area contributed by atoms with E-state index in [0.717, 1.165) is 10.9 Å². The summed E-state index contributed by atoms with van der Waals surface area (Å²) in [6, 6.07) is 11.5. The number of ether oxygens (including phenoxy) is 2. The van der Waals surface area contributed by atoms with E-state index in [-0.39, 0.29) is 0 Å². The van der Waals surface area contributed by atoms with Crippen LogP contribution in [0.2, 0.25) is 0 Å². The molecule has 0 N–H and O–H groups in total. The zero-order valence-electron chi connectivity index (χ0n) is 20.1. The van der Waals surface area contributed by atoms with Crippen molar-refractivity contribution in [3.63, 3.8) is 0 Å². The van der Waals surface area contributed by atoms with Crippen molar-refractivity contribution in [2.24, 2.45) is 0 Å². The minimum Gasteiger partial charge on any atom is -0.450 e. The highest BCUT2D eigenvalue weighted by atomic mass is 16.7. The molecule has 3 aliphatic rings. The van der Waals surface area contributed by atoms with Crippen molar-refractivity contribution in [3.8, 4) is 23.0 Å². The zero-order chi connectivity index (χ0) is 23.1. The van der Waals surface area contributed by atoms with Crippen molar-refractivity contribution >= 4 is 25.2 Å². The predicted molar refractivity (Wildman–Crippen MR) is 124 cm³/mol. The summed E-state index contributed by atoms with van der Waals surface area (Å²) in [5.74, 6) is 2.55. The Labute approximate surface area is 190 Å². The molecule has 0 spiro atoms. The Morgan fingerprint density at radius 2 is 0.812 bits per heavy atom. The zero-order valence-corrected chi connectivity index (χ0v) is 20.1. The molecule has 8 heteroatoms. The topological polar surface area (TPSA) is 55.4 Å². The molecule has 32 heavy (non-hydrogen) atoms. The Bertz CT molecular complexity index is 962. The first-order valence-electron chi connectivity index (χ1n) is 11.1. The van der Waals surface area contributed by atoms with Gasteiger partial charge in [-0.05, 0) is 90.6 Å². The van der Waals surface area contributed by atoms with Gasteiger partial charge in [-0.3, -0.25) is 0 Å². The van der Waals surface area contributed by atoms with Crippen molar-refractivity contribution in [3.05, 3.63) is 36.4 Å². The van der Waals surface area contributed by atoms with Gasteiger partial charge in [0.25, 0.3) is 0 Å². The lowest BCUT2D eigenvalue weighted by atomic mass is 9.64. The van der Waals surface area contributed by atoms with Gasteiger partial charge in [0.05, 0.1) is 22.4 Å². The summed E-state index contributed by atoms with van der Waals surface area (Å²) in [5, 5.41) is 0. The molecule has 0 unspecified atom stereocenters. The summed E-state index contributed by atoms with van der Waals surface area (Å²) in [5.41, 5.74) is -0.307. The van der Waals surface area contributed by atoms with Gasteiger partial charge in [0.15, 0.2) is 23.0 Å². The van der Waals surface area contributed by atoms with Crippen molar-refractivity contribution < 1.29 is 28.1 Å². The lowest BCUT2D eigenvalue weighted by Gasteiger charge is -2.32. The number of benzene rings is 2. The molecule has 0 aliphatic carbocycles.